The van der Waals surface area contributed by atoms with E-state index in [0.29, 0.717) is 29.3 Å². The van der Waals surface area contributed by atoms with Gasteiger partial charge in [-0.1, -0.05) is 5.16 Å². The average molecular weight is 531 g/mol. The lowest BCUT2D eigenvalue weighted by Crippen LogP contribution is -2.07. The highest BCUT2D eigenvalue weighted by Crippen LogP contribution is 2.44. The summed E-state index contributed by atoms with van der Waals surface area (Å²) in [6.45, 7) is 12.7. The zero-order chi connectivity index (χ0) is 27.8. The number of carboxylic acid groups (broad SMARTS) is 1. The Morgan fingerprint density at radius 3 is 2.41 bits per heavy atom. The van der Waals surface area contributed by atoms with Gasteiger partial charge >= 0.3 is 5.97 Å². The Labute approximate surface area is 225 Å². The summed E-state index contributed by atoms with van der Waals surface area (Å²) in [5, 5.41) is 19.2. The number of aromatic carboxylic acids is 1. The average Bonchev–Trinajstić information content (AvgIpc) is 3.58. The van der Waals surface area contributed by atoms with Gasteiger partial charge in [-0.15, -0.1) is 0 Å². The summed E-state index contributed by atoms with van der Waals surface area (Å²) in [4.78, 5) is 21.1. The van der Waals surface area contributed by atoms with Crippen molar-refractivity contribution in [1.29, 1.82) is 0 Å². The van der Waals surface area contributed by atoms with Crippen LogP contribution in [0.1, 0.15) is 48.4 Å². The summed E-state index contributed by atoms with van der Waals surface area (Å²) in [6.07, 6.45) is 5.72. The second kappa shape index (κ2) is 10.2. The van der Waals surface area contributed by atoms with Crippen molar-refractivity contribution in [3.8, 4) is 39.6 Å². The van der Waals surface area contributed by atoms with E-state index in [1.165, 1.54) is 6.07 Å². The molecule has 5 rings (SSSR count). The minimum absolute atomic E-state index is 0.163. The Hall–Kier alpha value is -4.67. The van der Waals surface area contributed by atoms with E-state index in [9.17, 15) is 9.90 Å². The van der Waals surface area contributed by atoms with Gasteiger partial charge < -0.3 is 19.1 Å². The monoisotopic (exact) mass is 530 g/mol. The number of aromatic nitrogens is 6. The van der Waals surface area contributed by atoms with Gasteiger partial charge in [0.25, 0.3) is 0 Å². The second-order valence-corrected chi connectivity index (χ2v) is 9.02. The Kier molecular flexibility index (Phi) is 6.81. The quantitative estimate of drug-likeness (QED) is 0.267. The lowest BCUT2D eigenvalue weighted by Gasteiger charge is -2.15. The molecule has 0 fully saturated rings. The van der Waals surface area contributed by atoms with Gasteiger partial charge in [-0.2, -0.15) is 5.10 Å². The molecule has 11 heteroatoms. The van der Waals surface area contributed by atoms with Crippen LogP contribution in [0, 0.1) is 20.8 Å². The molecule has 0 radical (unpaired) electrons. The molecule has 0 aliphatic carbocycles. The molecule has 39 heavy (non-hydrogen) atoms. The molecule has 0 bridgehead atoms. The molecule has 5 aromatic heterocycles. The fourth-order valence-corrected chi connectivity index (χ4v) is 4.80. The van der Waals surface area contributed by atoms with E-state index < -0.39 is 5.97 Å². The van der Waals surface area contributed by atoms with E-state index in [1.54, 1.807) is 6.20 Å². The number of pyridine rings is 2. The van der Waals surface area contributed by atoms with Crippen LogP contribution in [0.5, 0.6) is 11.6 Å². The molecule has 0 aromatic carbocycles. The topological polar surface area (TPSA) is 130 Å². The van der Waals surface area contributed by atoms with Crippen molar-refractivity contribution in [3.63, 3.8) is 0 Å². The molecule has 0 aliphatic heterocycles. The number of ether oxygens (including phenoxy) is 2. The molecular formula is C28H30N6O5. The fourth-order valence-electron chi connectivity index (χ4n) is 4.80. The summed E-state index contributed by atoms with van der Waals surface area (Å²) >= 11 is 0. The minimum Gasteiger partial charge on any atom is -0.493 e. The first-order valence-corrected chi connectivity index (χ1v) is 12.8. The van der Waals surface area contributed by atoms with Crippen LogP contribution in [-0.4, -0.2) is 53.8 Å². The maximum absolute atomic E-state index is 11.9. The van der Waals surface area contributed by atoms with Crippen LogP contribution >= 0.6 is 0 Å². The molecule has 0 atom stereocenters. The first kappa shape index (κ1) is 26.0. The second-order valence-electron chi connectivity index (χ2n) is 9.02. The third-order valence-electron chi connectivity index (χ3n) is 6.49. The highest BCUT2D eigenvalue weighted by molar-refractivity contribution is 6.01. The number of hydrogen-bond donors (Lipinski definition) is 1. The smallest absolute Gasteiger partial charge is 0.354 e. The normalized spacial score (nSPS) is 11.3. The van der Waals surface area contributed by atoms with Gasteiger partial charge in [0.15, 0.2) is 5.69 Å². The minimum atomic E-state index is -1.17. The van der Waals surface area contributed by atoms with Crippen molar-refractivity contribution in [1.82, 2.24) is 29.5 Å². The molecule has 0 saturated heterocycles. The molecule has 5 aromatic rings. The highest BCUT2D eigenvalue weighted by Gasteiger charge is 2.26. The number of rotatable bonds is 9. The molecule has 0 amide bonds. The van der Waals surface area contributed by atoms with Crippen molar-refractivity contribution < 1.29 is 23.9 Å². The largest absolute Gasteiger partial charge is 0.493 e. The van der Waals surface area contributed by atoms with Crippen LogP contribution in [0.2, 0.25) is 0 Å². The molecule has 1 N–H and O–H groups in total. The standard InChI is InChI=1S/C28H30N6O5/c1-7-33-14-22(15(4)31-33)34-13-20(19-10-18(12-29-26(19)34)24-16(5)32-39-17(24)6)25-23(37-8-2)11-21(28(35)36)30-27(25)38-9-3/h10-14H,7-9H2,1-6H3,(H,35,36). The summed E-state index contributed by atoms with van der Waals surface area (Å²) < 4.78 is 21.1. The van der Waals surface area contributed by atoms with Gasteiger partial charge in [0.1, 0.15) is 17.2 Å². The number of hydrogen-bond acceptors (Lipinski definition) is 8. The van der Waals surface area contributed by atoms with Gasteiger partial charge in [-0.3, -0.25) is 9.25 Å². The fraction of sp³-hybridized carbons (Fsp3) is 0.321. The molecular weight excluding hydrogens is 500 g/mol. The van der Waals surface area contributed by atoms with Crippen LogP contribution in [-0.2, 0) is 6.54 Å². The predicted molar refractivity (Wildman–Crippen MR) is 145 cm³/mol. The maximum Gasteiger partial charge on any atom is 0.354 e. The molecule has 0 spiro atoms. The zero-order valence-corrected chi connectivity index (χ0v) is 22.8. The highest BCUT2D eigenvalue weighted by atomic mass is 16.5. The summed E-state index contributed by atoms with van der Waals surface area (Å²) in [7, 11) is 0. The Morgan fingerprint density at radius 1 is 1.03 bits per heavy atom. The molecule has 0 aliphatic rings. The van der Waals surface area contributed by atoms with E-state index in [1.807, 2.05) is 69.3 Å². The Bertz CT molecular complexity index is 1650. The van der Waals surface area contributed by atoms with E-state index in [0.717, 1.165) is 45.7 Å². The molecule has 0 unspecified atom stereocenters. The maximum atomic E-state index is 11.9. The number of fused-ring (bicyclic) bond motifs is 1. The zero-order valence-electron chi connectivity index (χ0n) is 22.8. The van der Waals surface area contributed by atoms with Crippen molar-refractivity contribution in [3.05, 3.63) is 53.6 Å². The van der Waals surface area contributed by atoms with E-state index >= 15 is 0 Å². The van der Waals surface area contributed by atoms with Crippen molar-refractivity contribution in [2.24, 2.45) is 0 Å². The Balaban J connectivity index is 1.87. The van der Waals surface area contributed by atoms with Crippen LogP contribution in [0.3, 0.4) is 0 Å². The third kappa shape index (κ3) is 4.49. The Morgan fingerprint density at radius 2 is 1.79 bits per heavy atom. The number of carbonyl (C=O) groups is 1. The summed E-state index contributed by atoms with van der Waals surface area (Å²) in [5.41, 5.74) is 5.97. The summed E-state index contributed by atoms with van der Waals surface area (Å²) in [6, 6.07) is 3.45. The van der Waals surface area contributed by atoms with Gasteiger partial charge in [-0.05, 0) is 47.6 Å². The van der Waals surface area contributed by atoms with Gasteiger partial charge in [0.2, 0.25) is 5.88 Å². The number of nitrogens with zero attached hydrogens (tertiary/aromatic N) is 6. The van der Waals surface area contributed by atoms with Gasteiger partial charge in [0.05, 0.1) is 35.9 Å². The molecule has 11 nitrogen and oxygen atoms in total. The lowest BCUT2D eigenvalue weighted by molar-refractivity contribution is 0.0688. The number of aryl methyl sites for hydroxylation is 4. The van der Waals surface area contributed by atoms with E-state index in [-0.39, 0.29) is 18.2 Å². The summed E-state index contributed by atoms with van der Waals surface area (Å²) in [5.74, 6) is 0.0442. The van der Waals surface area contributed by atoms with E-state index in [2.05, 4.69) is 15.2 Å². The van der Waals surface area contributed by atoms with Crippen LogP contribution < -0.4 is 9.47 Å². The first-order chi connectivity index (χ1) is 18.8. The first-order valence-electron chi connectivity index (χ1n) is 12.8. The van der Waals surface area contributed by atoms with Crippen molar-refractivity contribution in [2.75, 3.05) is 13.2 Å². The number of carboxylic acids is 1. The van der Waals surface area contributed by atoms with Crippen molar-refractivity contribution >= 4 is 17.0 Å². The van der Waals surface area contributed by atoms with Gasteiger partial charge in [0, 0.05) is 53.3 Å². The van der Waals surface area contributed by atoms with Crippen LogP contribution in [0.15, 0.2) is 35.2 Å². The third-order valence-corrected chi connectivity index (χ3v) is 6.49. The molecule has 5 heterocycles. The molecule has 202 valence electrons. The van der Waals surface area contributed by atoms with Crippen molar-refractivity contribution in [2.45, 2.75) is 48.1 Å². The molecule has 0 saturated carbocycles. The van der Waals surface area contributed by atoms with Crippen LogP contribution in [0.4, 0.5) is 0 Å². The van der Waals surface area contributed by atoms with Gasteiger partial charge in [-0.25, -0.2) is 14.8 Å². The van der Waals surface area contributed by atoms with E-state index in [4.69, 9.17) is 19.0 Å². The van der Waals surface area contributed by atoms with Crippen LogP contribution in [0.25, 0.3) is 39.0 Å². The lowest BCUT2D eigenvalue weighted by atomic mass is 10.0. The SMILES string of the molecule is CCOc1cc(C(=O)O)nc(OCC)c1-c1cn(-c2cn(CC)nc2C)c2ncc(-c3c(C)noc3C)cc12. The predicted octanol–water partition coefficient (Wildman–Crippen LogP) is 5.38.